The first-order valence-electron chi connectivity index (χ1n) is 6.77. The molecule has 1 heterocycles. The summed E-state index contributed by atoms with van der Waals surface area (Å²) in [6, 6.07) is 6.20. The Labute approximate surface area is 129 Å². The van der Waals surface area contributed by atoms with E-state index in [1.54, 1.807) is 23.2 Å². The molecule has 1 aliphatic rings. The summed E-state index contributed by atoms with van der Waals surface area (Å²) in [6.45, 7) is 1.70. The molecule has 120 valence electrons. The minimum atomic E-state index is -3.42. The number of piperazine rings is 1. The van der Waals surface area contributed by atoms with Gasteiger partial charge in [-0.1, -0.05) is 24.3 Å². The van der Waals surface area contributed by atoms with Crippen molar-refractivity contribution < 1.29 is 13.3 Å². The number of para-hydroxylation sites is 1. The molecule has 0 unspecified atom stereocenters. The maximum atomic E-state index is 12.2. The predicted octanol–water partition coefficient (Wildman–Crippen LogP) is 0.429. The topological polar surface area (TPSA) is 110 Å². The van der Waals surface area contributed by atoms with Crippen LogP contribution in [0.5, 0.6) is 0 Å². The van der Waals surface area contributed by atoms with Crippen LogP contribution < -0.4 is 5.84 Å². The van der Waals surface area contributed by atoms with E-state index in [-0.39, 0.29) is 11.4 Å². The van der Waals surface area contributed by atoms with E-state index in [4.69, 9.17) is 5.84 Å². The highest BCUT2D eigenvalue weighted by Gasteiger charge is 2.24. The second-order valence-corrected chi connectivity index (χ2v) is 6.95. The molecule has 0 radical (unpaired) electrons. The lowest BCUT2D eigenvalue weighted by Gasteiger charge is -2.30. The molecule has 0 saturated carbocycles. The summed E-state index contributed by atoms with van der Waals surface area (Å²) in [5, 5.41) is 12.5. The number of nitro benzene ring substituents is 1. The van der Waals surface area contributed by atoms with Gasteiger partial charge in [-0.2, -0.15) is 4.31 Å². The van der Waals surface area contributed by atoms with E-state index in [0.717, 1.165) is 0 Å². The van der Waals surface area contributed by atoms with Gasteiger partial charge >= 0.3 is 0 Å². The van der Waals surface area contributed by atoms with E-state index in [2.05, 4.69) is 0 Å². The maximum absolute atomic E-state index is 12.2. The number of sulfonamides is 1. The van der Waals surface area contributed by atoms with Gasteiger partial charge in [0.2, 0.25) is 10.0 Å². The third kappa shape index (κ3) is 4.10. The molecule has 1 aromatic carbocycles. The summed E-state index contributed by atoms with van der Waals surface area (Å²) >= 11 is 0. The molecule has 1 saturated heterocycles. The van der Waals surface area contributed by atoms with Crippen molar-refractivity contribution in [1.29, 1.82) is 0 Å². The smallest absolute Gasteiger partial charge is 0.269 e. The molecule has 0 spiro atoms. The third-order valence-corrected chi connectivity index (χ3v) is 5.17. The molecule has 0 bridgehead atoms. The lowest BCUT2D eigenvalue weighted by molar-refractivity contribution is -0.385. The van der Waals surface area contributed by atoms with E-state index in [0.29, 0.717) is 31.7 Å². The van der Waals surface area contributed by atoms with Crippen LogP contribution in [0.25, 0.3) is 6.08 Å². The monoisotopic (exact) mass is 326 g/mol. The van der Waals surface area contributed by atoms with Crippen molar-refractivity contribution in [2.45, 2.75) is 0 Å². The van der Waals surface area contributed by atoms with Crippen LogP contribution in [-0.4, -0.2) is 54.6 Å². The summed E-state index contributed by atoms with van der Waals surface area (Å²) in [5.41, 5.74) is 0.336. The van der Waals surface area contributed by atoms with Crippen molar-refractivity contribution in [3.63, 3.8) is 0 Å². The average molecular weight is 326 g/mol. The zero-order valence-electron chi connectivity index (χ0n) is 12.0. The Morgan fingerprint density at radius 1 is 1.23 bits per heavy atom. The fourth-order valence-corrected chi connectivity index (χ4v) is 3.45. The van der Waals surface area contributed by atoms with Gasteiger partial charge in [0.15, 0.2) is 0 Å². The standard InChI is InChI=1S/C13H18N4O4S/c14-15-7-9-16(10-8-15)22(20,21)11-3-5-12-4-1-2-6-13(12)17(18)19/h1-6H,7-11,14H2. The fourth-order valence-electron chi connectivity index (χ4n) is 2.18. The molecule has 8 nitrogen and oxygen atoms in total. The Morgan fingerprint density at radius 3 is 2.50 bits per heavy atom. The first-order chi connectivity index (χ1) is 10.4. The fraction of sp³-hybridized carbons (Fsp3) is 0.385. The lowest BCUT2D eigenvalue weighted by Crippen LogP contribution is -2.51. The second kappa shape index (κ2) is 6.97. The summed E-state index contributed by atoms with van der Waals surface area (Å²) in [5.74, 6) is 5.40. The van der Waals surface area contributed by atoms with Crippen molar-refractivity contribution >= 4 is 21.8 Å². The quantitative estimate of drug-likeness (QED) is 0.477. The molecular formula is C13H18N4O4S. The van der Waals surface area contributed by atoms with E-state index < -0.39 is 14.9 Å². The summed E-state index contributed by atoms with van der Waals surface area (Å²) in [7, 11) is -3.42. The molecule has 0 aliphatic carbocycles. The van der Waals surface area contributed by atoms with Crippen molar-refractivity contribution in [3.8, 4) is 0 Å². The third-order valence-electron chi connectivity index (χ3n) is 3.40. The minimum absolute atomic E-state index is 0.0482. The highest BCUT2D eigenvalue weighted by Crippen LogP contribution is 2.19. The zero-order chi connectivity index (χ0) is 16.2. The SMILES string of the molecule is NN1CCN(S(=O)(=O)CC=Cc2ccccc2[N+](=O)[O-])CC1. The lowest BCUT2D eigenvalue weighted by atomic mass is 10.2. The Bertz CT molecular complexity index is 666. The number of nitrogens with two attached hydrogens (primary N) is 1. The van der Waals surface area contributed by atoms with Gasteiger partial charge in [-0.15, -0.1) is 0 Å². The molecule has 1 aliphatic heterocycles. The van der Waals surface area contributed by atoms with Crippen LogP contribution in [0.15, 0.2) is 30.3 Å². The van der Waals surface area contributed by atoms with Gasteiger partial charge in [0, 0.05) is 32.2 Å². The first kappa shape index (κ1) is 16.6. The van der Waals surface area contributed by atoms with Crippen LogP contribution in [0.2, 0.25) is 0 Å². The Kier molecular flexibility index (Phi) is 5.24. The number of nitrogens with zero attached hydrogens (tertiary/aromatic N) is 3. The molecule has 22 heavy (non-hydrogen) atoms. The Hall–Kier alpha value is -1.81. The van der Waals surface area contributed by atoms with Gasteiger partial charge < -0.3 is 0 Å². The summed E-state index contributed by atoms with van der Waals surface area (Å²) in [6.07, 6.45) is 2.90. The molecule has 1 aromatic rings. The summed E-state index contributed by atoms with van der Waals surface area (Å²) < 4.78 is 25.8. The highest BCUT2D eigenvalue weighted by molar-refractivity contribution is 7.89. The molecule has 0 atom stereocenters. The van der Waals surface area contributed by atoms with Crippen LogP contribution in [0.4, 0.5) is 5.69 Å². The molecule has 0 aromatic heterocycles. The molecule has 1 fully saturated rings. The number of hydrogen-bond acceptors (Lipinski definition) is 6. The molecule has 9 heteroatoms. The first-order valence-corrected chi connectivity index (χ1v) is 8.38. The van der Waals surface area contributed by atoms with Gasteiger partial charge in [-0.3, -0.25) is 16.0 Å². The van der Waals surface area contributed by atoms with Crippen molar-refractivity contribution in [2.75, 3.05) is 31.9 Å². The van der Waals surface area contributed by atoms with E-state index in [1.807, 2.05) is 0 Å². The number of nitro groups is 1. The van der Waals surface area contributed by atoms with Crippen LogP contribution in [-0.2, 0) is 10.0 Å². The Morgan fingerprint density at radius 2 is 1.86 bits per heavy atom. The van der Waals surface area contributed by atoms with Crippen molar-refractivity contribution in [2.24, 2.45) is 5.84 Å². The largest absolute Gasteiger partial charge is 0.276 e. The van der Waals surface area contributed by atoms with Gasteiger partial charge in [0.1, 0.15) is 0 Å². The average Bonchev–Trinajstić information content (AvgIpc) is 2.48. The normalized spacial score (nSPS) is 17.9. The molecule has 0 amide bonds. The van der Waals surface area contributed by atoms with Crippen molar-refractivity contribution in [1.82, 2.24) is 9.31 Å². The minimum Gasteiger partial charge on any atom is -0.269 e. The molecule has 2 N–H and O–H groups in total. The van der Waals surface area contributed by atoms with Crippen LogP contribution in [0.3, 0.4) is 0 Å². The zero-order valence-corrected chi connectivity index (χ0v) is 12.8. The maximum Gasteiger partial charge on any atom is 0.276 e. The van der Waals surface area contributed by atoms with Gasteiger partial charge in [-0.25, -0.2) is 13.4 Å². The van der Waals surface area contributed by atoms with E-state index in [1.165, 1.54) is 22.5 Å². The number of rotatable bonds is 5. The summed E-state index contributed by atoms with van der Waals surface area (Å²) in [4.78, 5) is 10.4. The molecule has 2 rings (SSSR count). The van der Waals surface area contributed by atoms with E-state index in [9.17, 15) is 18.5 Å². The number of hydrazine groups is 1. The van der Waals surface area contributed by atoms with Gasteiger partial charge in [0.05, 0.1) is 16.2 Å². The van der Waals surface area contributed by atoms with Crippen LogP contribution in [0, 0.1) is 10.1 Å². The predicted molar refractivity (Wildman–Crippen MR) is 83.3 cm³/mol. The number of hydrogen-bond donors (Lipinski definition) is 1. The number of benzene rings is 1. The highest BCUT2D eigenvalue weighted by atomic mass is 32.2. The van der Waals surface area contributed by atoms with Gasteiger partial charge in [-0.05, 0) is 6.07 Å². The van der Waals surface area contributed by atoms with E-state index >= 15 is 0 Å². The van der Waals surface area contributed by atoms with Crippen LogP contribution >= 0.6 is 0 Å². The second-order valence-electron chi connectivity index (χ2n) is 4.93. The van der Waals surface area contributed by atoms with Crippen LogP contribution in [0.1, 0.15) is 5.56 Å². The Balaban J connectivity index is 2.04. The molecular weight excluding hydrogens is 308 g/mol. The van der Waals surface area contributed by atoms with Crippen molar-refractivity contribution in [3.05, 3.63) is 46.0 Å². The van der Waals surface area contributed by atoms with Gasteiger partial charge in [0.25, 0.3) is 5.69 Å².